The fraction of sp³-hybridized carbons (Fsp3) is 0. The number of nitriles is 1. The maximum atomic E-state index is 11.9. The van der Waals surface area contributed by atoms with Crippen LogP contribution in [0.1, 0.15) is 11.5 Å². The van der Waals surface area contributed by atoms with Crippen molar-refractivity contribution in [3.05, 3.63) is 58.8 Å². The monoisotopic (exact) mass is 296 g/mol. The van der Waals surface area contributed by atoms with E-state index in [0.717, 1.165) is 11.8 Å². The molecule has 0 saturated heterocycles. The summed E-state index contributed by atoms with van der Waals surface area (Å²) < 4.78 is 10.3. The molecule has 3 heterocycles. The smallest absolute Gasteiger partial charge is 0.285 e. The van der Waals surface area contributed by atoms with Gasteiger partial charge in [-0.2, -0.15) is 5.26 Å². The molecule has 2 aromatic heterocycles. The minimum absolute atomic E-state index is 0.283. The minimum Gasteiger partial charge on any atom is -0.465 e. The Kier molecular flexibility index (Phi) is 3.58. The van der Waals surface area contributed by atoms with Crippen molar-refractivity contribution in [3.8, 4) is 6.07 Å². The second-order valence-corrected chi connectivity index (χ2v) is 5.06. The van der Waals surface area contributed by atoms with Crippen LogP contribution >= 0.6 is 11.8 Å². The number of rotatable bonds is 3. The standard InChI is InChI=1S/C15H8N2O3S/c16-9-10(7-11-3-1-5-19-11)15-17-14(18)13(21-15)8-12-4-2-6-20-12/h1-8H. The molecule has 1 aliphatic heterocycles. The van der Waals surface area contributed by atoms with Gasteiger partial charge in [-0.05, 0) is 24.3 Å². The van der Waals surface area contributed by atoms with Gasteiger partial charge in [-0.3, -0.25) is 4.79 Å². The van der Waals surface area contributed by atoms with Crippen molar-refractivity contribution >= 4 is 34.9 Å². The molecule has 0 unspecified atom stereocenters. The average molecular weight is 296 g/mol. The molecule has 0 N–H and O–H groups in total. The van der Waals surface area contributed by atoms with E-state index in [1.807, 2.05) is 6.07 Å². The summed E-state index contributed by atoms with van der Waals surface area (Å²) in [6, 6.07) is 8.94. The number of hydrogen-bond acceptors (Lipinski definition) is 5. The molecule has 0 spiro atoms. The van der Waals surface area contributed by atoms with Gasteiger partial charge in [-0.15, -0.1) is 0 Å². The molecule has 0 aliphatic carbocycles. The lowest BCUT2D eigenvalue weighted by Crippen LogP contribution is -1.91. The molecule has 0 atom stereocenters. The van der Waals surface area contributed by atoms with Gasteiger partial charge in [0.1, 0.15) is 22.6 Å². The van der Waals surface area contributed by atoms with E-state index in [1.54, 1.807) is 36.4 Å². The van der Waals surface area contributed by atoms with E-state index in [1.165, 1.54) is 12.5 Å². The first-order chi connectivity index (χ1) is 10.3. The number of hydrogen-bond donors (Lipinski definition) is 0. The van der Waals surface area contributed by atoms with Crippen LogP contribution in [0.4, 0.5) is 0 Å². The largest absolute Gasteiger partial charge is 0.465 e. The maximum Gasteiger partial charge on any atom is 0.285 e. The minimum atomic E-state index is -0.382. The highest BCUT2D eigenvalue weighted by Gasteiger charge is 2.25. The van der Waals surface area contributed by atoms with E-state index in [-0.39, 0.29) is 11.5 Å². The number of aliphatic imine (C=N–C) groups is 1. The van der Waals surface area contributed by atoms with Gasteiger partial charge in [-0.25, -0.2) is 4.99 Å². The summed E-state index contributed by atoms with van der Waals surface area (Å²) in [5, 5.41) is 9.57. The molecular formula is C15H8N2O3S. The number of carbonyl (C=O) groups excluding carboxylic acids is 1. The molecule has 3 rings (SSSR count). The summed E-state index contributed by atoms with van der Waals surface area (Å²) in [7, 11) is 0. The molecule has 21 heavy (non-hydrogen) atoms. The van der Waals surface area contributed by atoms with Gasteiger partial charge in [0.15, 0.2) is 0 Å². The topological polar surface area (TPSA) is 79.5 Å². The predicted octanol–water partition coefficient (Wildman–Crippen LogP) is 3.49. The van der Waals surface area contributed by atoms with Gasteiger partial charge in [-0.1, -0.05) is 11.8 Å². The first-order valence-corrected chi connectivity index (χ1v) is 6.79. The van der Waals surface area contributed by atoms with E-state index in [0.29, 0.717) is 21.5 Å². The molecule has 0 fully saturated rings. The average Bonchev–Trinajstić information content (AvgIpc) is 3.20. The Hall–Kier alpha value is -2.78. The number of carbonyl (C=O) groups is 1. The van der Waals surface area contributed by atoms with E-state index in [4.69, 9.17) is 8.83 Å². The normalized spacial score (nSPS) is 17.1. The molecule has 5 nitrogen and oxygen atoms in total. The van der Waals surface area contributed by atoms with Gasteiger partial charge in [0.25, 0.3) is 5.91 Å². The summed E-state index contributed by atoms with van der Waals surface area (Å²) in [5.41, 5.74) is 0.283. The van der Waals surface area contributed by atoms with Crippen LogP contribution in [0.2, 0.25) is 0 Å². The summed E-state index contributed by atoms with van der Waals surface area (Å²) >= 11 is 1.14. The van der Waals surface area contributed by atoms with Crippen LogP contribution in [0.3, 0.4) is 0 Å². The molecule has 0 bridgehead atoms. The summed E-state index contributed by atoms with van der Waals surface area (Å²) in [5.74, 6) is 0.716. The third kappa shape index (κ3) is 2.88. The van der Waals surface area contributed by atoms with Crippen LogP contribution in [0.25, 0.3) is 12.2 Å². The van der Waals surface area contributed by atoms with Crippen molar-refractivity contribution in [1.29, 1.82) is 5.26 Å². The van der Waals surface area contributed by atoms with Crippen LogP contribution < -0.4 is 0 Å². The SMILES string of the molecule is N#CC(=Cc1ccco1)C1=NC(=O)C(=Cc2ccco2)S1. The first kappa shape index (κ1) is 13.2. The van der Waals surface area contributed by atoms with Crippen LogP contribution in [0.5, 0.6) is 0 Å². The molecular weight excluding hydrogens is 288 g/mol. The highest BCUT2D eigenvalue weighted by Crippen LogP contribution is 2.32. The van der Waals surface area contributed by atoms with Crippen molar-refractivity contribution in [3.63, 3.8) is 0 Å². The molecule has 0 aromatic carbocycles. The zero-order valence-electron chi connectivity index (χ0n) is 10.6. The van der Waals surface area contributed by atoms with E-state index in [9.17, 15) is 10.1 Å². The molecule has 6 heteroatoms. The number of thioether (sulfide) groups is 1. The Morgan fingerprint density at radius 1 is 1.24 bits per heavy atom. The van der Waals surface area contributed by atoms with Crippen LogP contribution in [-0.4, -0.2) is 11.0 Å². The molecule has 0 saturated carbocycles. The Morgan fingerprint density at radius 2 is 1.95 bits per heavy atom. The molecule has 1 amide bonds. The number of furan rings is 2. The second kappa shape index (κ2) is 5.69. The summed E-state index contributed by atoms with van der Waals surface area (Å²) in [6.07, 6.45) is 6.19. The molecule has 0 radical (unpaired) electrons. The van der Waals surface area contributed by atoms with Crippen molar-refractivity contribution in [1.82, 2.24) is 0 Å². The molecule has 1 aliphatic rings. The van der Waals surface area contributed by atoms with Gasteiger partial charge >= 0.3 is 0 Å². The zero-order valence-corrected chi connectivity index (χ0v) is 11.5. The number of amides is 1. The lowest BCUT2D eigenvalue weighted by Gasteiger charge is -1.95. The van der Waals surface area contributed by atoms with Gasteiger partial charge < -0.3 is 8.83 Å². The van der Waals surface area contributed by atoms with Crippen molar-refractivity contribution in [2.24, 2.45) is 4.99 Å². The lowest BCUT2D eigenvalue weighted by atomic mass is 10.2. The highest BCUT2D eigenvalue weighted by molar-refractivity contribution is 8.19. The molecule has 102 valence electrons. The second-order valence-electron chi connectivity index (χ2n) is 4.03. The fourth-order valence-corrected chi connectivity index (χ4v) is 2.54. The van der Waals surface area contributed by atoms with Gasteiger partial charge in [0.05, 0.1) is 23.0 Å². The Morgan fingerprint density at radius 3 is 2.57 bits per heavy atom. The van der Waals surface area contributed by atoms with Crippen molar-refractivity contribution < 1.29 is 13.6 Å². The van der Waals surface area contributed by atoms with Gasteiger partial charge in [0.2, 0.25) is 0 Å². The molecule has 2 aromatic rings. The fourth-order valence-electron chi connectivity index (χ4n) is 1.68. The Balaban J connectivity index is 1.86. The number of nitrogens with zero attached hydrogens (tertiary/aromatic N) is 2. The zero-order chi connectivity index (χ0) is 14.7. The van der Waals surface area contributed by atoms with Crippen molar-refractivity contribution in [2.75, 3.05) is 0 Å². The predicted molar refractivity (Wildman–Crippen MR) is 79.0 cm³/mol. The van der Waals surface area contributed by atoms with Gasteiger partial charge in [0, 0.05) is 12.2 Å². The summed E-state index contributed by atoms with van der Waals surface area (Å²) in [4.78, 5) is 16.2. The van der Waals surface area contributed by atoms with Crippen LogP contribution in [-0.2, 0) is 4.79 Å². The first-order valence-electron chi connectivity index (χ1n) is 5.98. The van der Waals surface area contributed by atoms with E-state index >= 15 is 0 Å². The third-order valence-electron chi connectivity index (χ3n) is 2.62. The van der Waals surface area contributed by atoms with E-state index in [2.05, 4.69) is 4.99 Å². The van der Waals surface area contributed by atoms with Crippen molar-refractivity contribution in [2.45, 2.75) is 0 Å². The quantitative estimate of drug-likeness (QED) is 0.639. The maximum absolute atomic E-state index is 11.9. The van der Waals surface area contributed by atoms with Crippen LogP contribution in [0.15, 0.2) is 61.1 Å². The van der Waals surface area contributed by atoms with E-state index < -0.39 is 0 Å². The lowest BCUT2D eigenvalue weighted by molar-refractivity contribution is -0.113. The summed E-state index contributed by atoms with van der Waals surface area (Å²) in [6.45, 7) is 0. The Bertz CT molecular complexity index is 791. The Labute approximate surface area is 124 Å². The highest BCUT2D eigenvalue weighted by atomic mass is 32.2. The van der Waals surface area contributed by atoms with Crippen LogP contribution in [0, 0.1) is 11.3 Å². The third-order valence-corrected chi connectivity index (χ3v) is 3.63.